The Kier molecular flexibility index (Phi) is 5.06. The van der Waals surface area contributed by atoms with E-state index in [4.69, 9.17) is 0 Å². The van der Waals surface area contributed by atoms with Crippen LogP contribution in [0.1, 0.15) is 5.56 Å². The highest BCUT2D eigenvalue weighted by Crippen LogP contribution is 2.18. The molecule has 0 saturated heterocycles. The number of hydrogen-bond acceptors (Lipinski definition) is 3. The summed E-state index contributed by atoms with van der Waals surface area (Å²) in [4.78, 5) is 12.5. The standard InChI is InChI=1S/C20H20N2O3S/c1-22(2)26(24,25)19-11-9-18(10-12-19)21-20(23)14-15-7-8-16-5-3-4-6-17(16)13-15/h3-13H,14H2,1-2H3,(H,21,23). The lowest BCUT2D eigenvalue weighted by atomic mass is 10.0. The number of nitrogens with zero attached hydrogens (tertiary/aromatic N) is 1. The molecule has 0 heterocycles. The number of rotatable bonds is 5. The van der Waals surface area contributed by atoms with Gasteiger partial charge in [-0.1, -0.05) is 42.5 Å². The zero-order valence-corrected chi connectivity index (χ0v) is 15.5. The molecular formula is C20H20N2O3S. The first-order valence-electron chi connectivity index (χ1n) is 8.16. The highest BCUT2D eigenvalue weighted by atomic mass is 32.2. The fraction of sp³-hybridized carbons (Fsp3) is 0.150. The van der Waals surface area contributed by atoms with Gasteiger partial charge in [-0.05, 0) is 40.6 Å². The maximum Gasteiger partial charge on any atom is 0.242 e. The van der Waals surface area contributed by atoms with Gasteiger partial charge in [-0.25, -0.2) is 12.7 Å². The summed E-state index contributed by atoms with van der Waals surface area (Å²) < 4.78 is 25.3. The smallest absolute Gasteiger partial charge is 0.242 e. The molecule has 0 aliphatic heterocycles. The van der Waals surface area contributed by atoms with Gasteiger partial charge in [0.2, 0.25) is 15.9 Å². The zero-order valence-electron chi connectivity index (χ0n) is 14.6. The molecule has 0 spiro atoms. The number of carbonyl (C=O) groups excluding carboxylic acids is 1. The fourth-order valence-electron chi connectivity index (χ4n) is 2.66. The third kappa shape index (κ3) is 3.92. The lowest BCUT2D eigenvalue weighted by Gasteiger charge is -2.12. The van der Waals surface area contributed by atoms with Crippen molar-refractivity contribution >= 4 is 32.4 Å². The number of hydrogen-bond donors (Lipinski definition) is 1. The quantitative estimate of drug-likeness (QED) is 0.752. The van der Waals surface area contributed by atoms with Crippen LogP contribution < -0.4 is 5.32 Å². The van der Waals surface area contributed by atoms with Crippen LogP contribution in [0, 0.1) is 0 Å². The van der Waals surface area contributed by atoms with Gasteiger partial charge in [0.1, 0.15) is 0 Å². The topological polar surface area (TPSA) is 66.5 Å². The maximum atomic E-state index is 12.3. The van der Waals surface area contributed by atoms with Crippen molar-refractivity contribution in [1.82, 2.24) is 4.31 Å². The summed E-state index contributed by atoms with van der Waals surface area (Å²) in [6.07, 6.45) is 0.253. The number of benzene rings is 3. The van der Waals surface area contributed by atoms with Gasteiger partial charge in [0.25, 0.3) is 0 Å². The van der Waals surface area contributed by atoms with Crippen molar-refractivity contribution in [3.63, 3.8) is 0 Å². The molecule has 3 rings (SSSR count). The third-order valence-corrected chi connectivity index (χ3v) is 5.92. The summed E-state index contributed by atoms with van der Waals surface area (Å²) in [7, 11) is -0.509. The van der Waals surface area contributed by atoms with Gasteiger partial charge in [-0.3, -0.25) is 4.79 Å². The molecule has 5 nitrogen and oxygen atoms in total. The van der Waals surface area contributed by atoms with Crippen LogP contribution in [0.2, 0.25) is 0 Å². The van der Waals surface area contributed by atoms with Crippen LogP contribution in [-0.4, -0.2) is 32.7 Å². The number of fused-ring (bicyclic) bond motifs is 1. The highest BCUT2D eigenvalue weighted by Gasteiger charge is 2.16. The third-order valence-electron chi connectivity index (χ3n) is 4.10. The molecule has 26 heavy (non-hydrogen) atoms. The van der Waals surface area contributed by atoms with Crippen molar-refractivity contribution in [1.29, 1.82) is 0 Å². The van der Waals surface area contributed by atoms with Gasteiger partial charge in [0, 0.05) is 19.8 Å². The maximum absolute atomic E-state index is 12.3. The molecule has 0 aromatic heterocycles. The van der Waals surface area contributed by atoms with E-state index in [2.05, 4.69) is 5.32 Å². The van der Waals surface area contributed by atoms with E-state index in [1.54, 1.807) is 12.1 Å². The molecule has 134 valence electrons. The summed E-state index contributed by atoms with van der Waals surface area (Å²) in [5, 5.41) is 5.03. The Balaban J connectivity index is 1.69. The molecule has 0 saturated carbocycles. The molecule has 3 aromatic rings. The Bertz CT molecular complexity index is 1040. The average molecular weight is 368 g/mol. The largest absolute Gasteiger partial charge is 0.326 e. The molecular weight excluding hydrogens is 348 g/mol. The number of anilines is 1. The molecule has 0 fully saturated rings. The lowest BCUT2D eigenvalue weighted by molar-refractivity contribution is -0.115. The van der Waals surface area contributed by atoms with Gasteiger partial charge in [0.05, 0.1) is 11.3 Å². The number of carbonyl (C=O) groups is 1. The minimum absolute atomic E-state index is 0.150. The number of sulfonamides is 1. The van der Waals surface area contributed by atoms with Crippen molar-refractivity contribution in [2.24, 2.45) is 0 Å². The van der Waals surface area contributed by atoms with Crippen LogP contribution in [0.15, 0.2) is 71.6 Å². The molecule has 3 aromatic carbocycles. The van der Waals surface area contributed by atoms with E-state index >= 15 is 0 Å². The second-order valence-electron chi connectivity index (χ2n) is 6.22. The molecule has 0 atom stereocenters. The van der Waals surface area contributed by atoms with Gasteiger partial charge < -0.3 is 5.32 Å². The SMILES string of the molecule is CN(C)S(=O)(=O)c1ccc(NC(=O)Cc2ccc3ccccc3c2)cc1. The van der Waals surface area contributed by atoms with Crippen LogP contribution in [0.25, 0.3) is 10.8 Å². The van der Waals surface area contributed by atoms with Gasteiger partial charge in [0.15, 0.2) is 0 Å². The Hall–Kier alpha value is -2.70. The first-order valence-corrected chi connectivity index (χ1v) is 9.60. The summed E-state index contributed by atoms with van der Waals surface area (Å²) in [6.45, 7) is 0. The van der Waals surface area contributed by atoms with Crippen molar-refractivity contribution in [2.45, 2.75) is 11.3 Å². The van der Waals surface area contributed by atoms with E-state index in [0.29, 0.717) is 5.69 Å². The summed E-state index contributed by atoms with van der Waals surface area (Å²) >= 11 is 0. The molecule has 0 bridgehead atoms. The van der Waals surface area contributed by atoms with Crippen LogP contribution >= 0.6 is 0 Å². The van der Waals surface area contributed by atoms with Crippen LogP contribution in [-0.2, 0) is 21.2 Å². The lowest BCUT2D eigenvalue weighted by Crippen LogP contribution is -2.22. The van der Waals surface area contributed by atoms with Crippen molar-refractivity contribution in [3.05, 3.63) is 72.3 Å². The number of nitrogens with one attached hydrogen (secondary N) is 1. The fourth-order valence-corrected chi connectivity index (χ4v) is 3.56. The van der Waals surface area contributed by atoms with E-state index in [-0.39, 0.29) is 17.2 Å². The van der Waals surface area contributed by atoms with E-state index in [1.807, 2.05) is 42.5 Å². The van der Waals surface area contributed by atoms with E-state index < -0.39 is 10.0 Å². The van der Waals surface area contributed by atoms with Crippen molar-refractivity contribution in [3.8, 4) is 0 Å². The molecule has 1 amide bonds. The second kappa shape index (κ2) is 7.27. The normalized spacial score (nSPS) is 11.7. The van der Waals surface area contributed by atoms with E-state index in [0.717, 1.165) is 20.6 Å². The minimum Gasteiger partial charge on any atom is -0.326 e. The van der Waals surface area contributed by atoms with Gasteiger partial charge >= 0.3 is 0 Å². The van der Waals surface area contributed by atoms with Crippen LogP contribution in [0.3, 0.4) is 0 Å². The average Bonchev–Trinajstić information content (AvgIpc) is 2.62. The summed E-state index contributed by atoms with van der Waals surface area (Å²) in [5.41, 5.74) is 1.49. The molecule has 0 aliphatic rings. The predicted molar refractivity (Wildman–Crippen MR) is 104 cm³/mol. The molecule has 1 N–H and O–H groups in total. The Labute approximate surface area is 153 Å². The van der Waals surface area contributed by atoms with Crippen LogP contribution in [0.5, 0.6) is 0 Å². The Morgan fingerprint density at radius 1 is 0.923 bits per heavy atom. The van der Waals surface area contributed by atoms with Gasteiger partial charge in [-0.2, -0.15) is 0 Å². The molecule has 0 unspecified atom stereocenters. The van der Waals surface area contributed by atoms with E-state index in [9.17, 15) is 13.2 Å². The molecule has 0 radical (unpaired) electrons. The highest BCUT2D eigenvalue weighted by molar-refractivity contribution is 7.89. The monoisotopic (exact) mass is 368 g/mol. The zero-order chi connectivity index (χ0) is 18.7. The summed E-state index contributed by atoms with van der Waals surface area (Å²) in [5.74, 6) is -0.150. The molecule has 6 heteroatoms. The van der Waals surface area contributed by atoms with Crippen LogP contribution in [0.4, 0.5) is 5.69 Å². The second-order valence-corrected chi connectivity index (χ2v) is 8.37. The number of amides is 1. The first kappa shape index (κ1) is 18.1. The summed E-state index contributed by atoms with van der Waals surface area (Å²) in [6, 6.07) is 20.1. The van der Waals surface area contributed by atoms with Gasteiger partial charge in [-0.15, -0.1) is 0 Å². The molecule has 0 aliphatic carbocycles. The minimum atomic E-state index is -3.47. The predicted octanol–water partition coefficient (Wildman–Crippen LogP) is 3.27. The van der Waals surface area contributed by atoms with E-state index in [1.165, 1.54) is 26.2 Å². The van der Waals surface area contributed by atoms with Crippen molar-refractivity contribution in [2.75, 3.05) is 19.4 Å². The Morgan fingerprint density at radius 2 is 1.58 bits per heavy atom. The Morgan fingerprint density at radius 3 is 2.23 bits per heavy atom. The first-order chi connectivity index (χ1) is 12.4. The van der Waals surface area contributed by atoms with Crippen molar-refractivity contribution < 1.29 is 13.2 Å².